The molecule has 0 aliphatic carbocycles. The predicted octanol–water partition coefficient (Wildman–Crippen LogP) is 0.252. The van der Waals surface area contributed by atoms with Crippen molar-refractivity contribution >= 4 is 5.91 Å². The molecule has 0 fully saturated rings. The molecular formula is C10H16N4O. The number of nitrogens with two attached hydrogens (primary N) is 1. The van der Waals surface area contributed by atoms with E-state index in [0.29, 0.717) is 12.2 Å². The van der Waals surface area contributed by atoms with E-state index >= 15 is 0 Å². The third-order valence-electron chi connectivity index (χ3n) is 2.00. The Labute approximate surface area is 89.1 Å². The minimum Gasteiger partial charge on any atom is -0.345 e. The van der Waals surface area contributed by atoms with E-state index in [1.54, 1.807) is 6.07 Å². The van der Waals surface area contributed by atoms with Gasteiger partial charge in [0.05, 0.1) is 0 Å². The van der Waals surface area contributed by atoms with Crippen LogP contribution in [-0.2, 0) is 0 Å². The summed E-state index contributed by atoms with van der Waals surface area (Å²) in [6.07, 6.45) is 1.37. The van der Waals surface area contributed by atoms with E-state index in [4.69, 9.17) is 5.73 Å². The molecular weight excluding hydrogens is 192 g/mol. The number of nitrogens with zero attached hydrogens (tertiary/aromatic N) is 2. The average Bonchev–Trinajstić information content (AvgIpc) is 2.17. The molecule has 1 rings (SSSR count). The van der Waals surface area contributed by atoms with Gasteiger partial charge in [0.2, 0.25) is 0 Å². The highest BCUT2D eigenvalue weighted by Crippen LogP contribution is 2.02. The second-order valence-corrected chi connectivity index (χ2v) is 4.09. The molecule has 0 spiro atoms. The van der Waals surface area contributed by atoms with Crippen molar-refractivity contribution in [1.29, 1.82) is 0 Å². The largest absolute Gasteiger partial charge is 0.345 e. The smallest absolute Gasteiger partial charge is 0.270 e. The van der Waals surface area contributed by atoms with Crippen LogP contribution in [0.2, 0.25) is 0 Å². The fraction of sp³-hybridized carbons (Fsp3) is 0.500. The van der Waals surface area contributed by atoms with Crippen molar-refractivity contribution < 1.29 is 4.79 Å². The van der Waals surface area contributed by atoms with E-state index in [0.717, 1.165) is 5.69 Å². The summed E-state index contributed by atoms with van der Waals surface area (Å²) in [5, 5.41) is 2.80. The van der Waals surface area contributed by atoms with E-state index in [1.165, 1.54) is 6.33 Å². The quantitative estimate of drug-likeness (QED) is 0.746. The number of nitrogens with one attached hydrogen (secondary N) is 1. The molecule has 0 unspecified atom stereocenters. The van der Waals surface area contributed by atoms with Gasteiger partial charge in [-0.3, -0.25) is 4.79 Å². The van der Waals surface area contributed by atoms with Crippen LogP contribution in [0.1, 0.15) is 30.0 Å². The first kappa shape index (κ1) is 11.6. The number of aromatic nitrogens is 2. The molecule has 0 aliphatic rings. The first-order valence-corrected chi connectivity index (χ1v) is 4.76. The zero-order valence-corrected chi connectivity index (χ0v) is 9.24. The fourth-order valence-electron chi connectivity index (χ4n) is 1.00. The lowest BCUT2D eigenvalue weighted by Crippen LogP contribution is -2.49. The van der Waals surface area contributed by atoms with Gasteiger partial charge in [0.15, 0.2) is 0 Å². The Bertz CT molecular complexity index is 362. The molecule has 1 aromatic rings. The topological polar surface area (TPSA) is 80.9 Å². The number of amides is 1. The summed E-state index contributed by atoms with van der Waals surface area (Å²) in [6, 6.07) is 1.64. The highest BCUT2D eigenvalue weighted by Gasteiger charge is 2.19. The molecule has 82 valence electrons. The molecule has 0 atom stereocenters. The highest BCUT2D eigenvalue weighted by atomic mass is 16.2. The Morgan fingerprint density at radius 1 is 1.53 bits per heavy atom. The molecule has 1 amide bonds. The Hall–Kier alpha value is -1.49. The van der Waals surface area contributed by atoms with Crippen molar-refractivity contribution in [2.45, 2.75) is 26.3 Å². The van der Waals surface area contributed by atoms with Crippen molar-refractivity contribution in [3.63, 3.8) is 0 Å². The van der Waals surface area contributed by atoms with Crippen molar-refractivity contribution in [3.05, 3.63) is 23.8 Å². The molecule has 15 heavy (non-hydrogen) atoms. The Kier molecular flexibility index (Phi) is 3.36. The molecule has 0 saturated carbocycles. The molecule has 5 heteroatoms. The average molecular weight is 208 g/mol. The molecule has 1 heterocycles. The highest BCUT2D eigenvalue weighted by molar-refractivity contribution is 5.92. The number of carbonyl (C=O) groups excluding carboxylic acids is 1. The van der Waals surface area contributed by atoms with Gasteiger partial charge in [-0.2, -0.15) is 0 Å². The molecule has 0 bridgehead atoms. The van der Waals surface area contributed by atoms with Crippen LogP contribution in [0.5, 0.6) is 0 Å². The summed E-state index contributed by atoms with van der Waals surface area (Å²) in [7, 11) is 0. The zero-order chi connectivity index (χ0) is 11.5. The van der Waals surface area contributed by atoms with E-state index in [9.17, 15) is 4.79 Å². The first-order chi connectivity index (χ1) is 6.94. The second-order valence-electron chi connectivity index (χ2n) is 4.09. The van der Waals surface area contributed by atoms with Gasteiger partial charge in [-0.15, -0.1) is 0 Å². The molecule has 5 nitrogen and oxygen atoms in total. The number of hydrogen-bond donors (Lipinski definition) is 2. The first-order valence-electron chi connectivity index (χ1n) is 4.76. The van der Waals surface area contributed by atoms with Crippen molar-refractivity contribution in [2.75, 3.05) is 6.54 Å². The Morgan fingerprint density at radius 2 is 2.20 bits per heavy atom. The van der Waals surface area contributed by atoms with Crippen LogP contribution in [0, 0.1) is 6.92 Å². The number of hydrogen-bond acceptors (Lipinski definition) is 4. The van der Waals surface area contributed by atoms with Crippen molar-refractivity contribution in [2.24, 2.45) is 5.73 Å². The lowest BCUT2D eigenvalue weighted by atomic mass is 10.1. The molecule has 0 aromatic carbocycles. The van der Waals surface area contributed by atoms with Gasteiger partial charge in [0, 0.05) is 17.8 Å². The van der Waals surface area contributed by atoms with Crippen molar-refractivity contribution in [3.8, 4) is 0 Å². The lowest BCUT2D eigenvalue weighted by Gasteiger charge is -2.23. The molecule has 1 aromatic heterocycles. The normalized spacial score (nSPS) is 11.2. The third-order valence-corrected chi connectivity index (χ3v) is 2.00. The van der Waals surface area contributed by atoms with Gasteiger partial charge in [-0.1, -0.05) is 0 Å². The molecule has 0 aliphatic heterocycles. The Morgan fingerprint density at radius 3 is 2.73 bits per heavy atom. The summed E-state index contributed by atoms with van der Waals surface area (Å²) in [6.45, 7) is 5.91. The van der Waals surface area contributed by atoms with Gasteiger partial charge in [0.25, 0.3) is 5.91 Å². The van der Waals surface area contributed by atoms with Crippen LogP contribution in [0.15, 0.2) is 12.4 Å². The van der Waals surface area contributed by atoms with Gasteiger partial charge in [-0.05, 0) is 26.8 Å². The van der Waals surface area contributed by atoms with Gasteiger partial charge >= 0.3 is 0 Å². The van der Waals surface area contributed by atoms with Crippen LogP contribution in [-0.4, -0.2) is 28.0 Å². The van der Waals surface area contributed by atoms with Crippen LogP contribution in [0.3, 0.4) is 0 Å². The number of rotatable bonds is 3. The third kappa shape index (κ3) is 3.28. The van der Waals surface area contributed by atoms with E-state index in [-0.39, 0.29) is 5.91 Å². The fourth-order valence-corrected chi connectivity index (χ4v) is 1.00. The van der Waals surface area contributed by atoms with Crippen LogP contribution >= 0.6 is 0 Å². The predicted molar refractivity (Wildman–Crippen MR) is 57.4 cm³/mol. The maximum absolute atomic E-state index is 11.7. The molecule has 0 saturated heterocycles. The van der Waals surface area contributed by atoms with Gasteiger partial charge in [-0.25, -0.2) is 9.97 Å². The van der Waals surface area contributed by atoms with E-state index < -0.39 is 5.54 Å². The maximum Gasteiger partial charge on any atom is 0.270 e. The summed E-state index contributed by atoms with van der Waals surface area (Å²) in [5.74, 6) is -0.226. The summed E-state index contributed by atoms with van der Waals surface area (Å²) >= 11 is 0. The zero-order valence-electron chi connectivity index (χ0n) is 9.24. The maximum atomic E-state index is 11.7. The lowest BCUT2D eigenvalue weighted by molar-refractivity contribution is 0.0910. The molecule has 3 N–H and O–H groups in total. The van der Waals surface area contributed by atoms with Gasteiger partial charge in [0.1, 0.15) is 12.0 Å². The summed E-state index contributed by atoms with van der Waals surface area (Å²) < 4.78 is 0. The number of aryl methyl sites for hydroxylation is 1. The molecule has 0 radical (unpaired) electrons. The SMILES string of the molecule is Cc1cc(C(=O)NC(C)(C)CN)ncn1. The van der Waals surface area contributed by atoms with Crippen LogP contribution in [0.25, 0.3) is 0 Å². The monoisotopic (exact) mass is 208 g/mol. The Balaban J connectivity index is 2.78. The van der Waals surface area contributed by atoms with E-state index in [2.05, 4.69) is 15.3 Å². The number of carbonyl (C=O) groups is 1. The second kappa shape index (κ2) is 4.35. The summed E-state index contributed by atoms with van der Waals surface area (Å²) in [5.41, 5.74) is 6.22. The van der Waals surface area contributed by atoms with Crippen LogP contribution < -0.4 is 11.1 Å². The van der Waals surface area contributed by atoms with Gasteiger partial charge < -0.3 is 11.1 Å². The van der Waals surface area contributed by atoms with Crippen molar-refractivity contribution in [1.82, 2.24) is 15.3 Å². The standard InChI is InChI=1S/C10H16N4O/c1-7-4-8(13-6-12-7)9(15)14-10(2,3)5-11/h4,6H,5,11H2,1-3H3,(H,14,15). The van der Waals surface area contributed by atoms with E-state index in [1.807, 2.05) is 20.8 Å². The minimum atomic E-state index is -0.421. The summed E-state index contributed by atoms with van der Waals surface area (Å²) in [4.78, 5) is 19.5. The van der Waals surface area contributed by atoms with Crippen LogP contribution in [0.4, 0.5) is 0 Å². The minimum absolute atomic E-state index is 0.226.